The lowest BCUT2D eigenvalue weighted by Gasteiger charge is -2.13. The van der Waals surface area contributed by atoms with Crippen LogP contribution >= 0.6 is 11.3 Å². The Morgan fingerprint density at radius 1 is 1.18 bits per heavy atom. The third kappa shape index (κ3) is 3.60. The molecule has 1 aliphatic rings. The summed E-state index contributed by atoms with van der Waals surface area (Å²) in [6.45, 7) is 2.26. The maximum atomic E-state index is 12.8. The number of rotatable bonds is 6. The van der Waals surface area contributed by atoms with Gasteiger partial charge < -0.3 is 19.5 Å². The molecule has 3 rings (SSSR count). The van der Waals surface area contributed by atoms with Crippen molar-refractivity contribution < 1.29 is 28.6 Å². The molecule has 7 nitrogen and oxygen atoms in total. The molecular weight excluding hydrogens is 382 g/mol. The number of thiophene rings is 1. The van der Waals surface area contributed by atoms with Gasteiger partial charge in [0, 0.05) is 4.88 Å². The molecule has 2 aromatic rings. The Morgan fingerprint density at radius 3 is 2.61 bits per heavy atom. The zero-order valence-electron chi connectivity index (χ0n) is 15.9. The third-order valence-electron chi connectivity index (χ3n) is 4.56. The fraction of sp³-hybridized carbons (Fsp3) is 0.350. The lowest BCUT2D eigenvalue weighted by molar-refractivity contribution is -0.142. The number of anilines is 1. The maximum Gasteiger partial charge on any atom is 0.341 e. The highest BCUT2D eigenvalue weighted by molar-refractivity contribution is 7.17. The molecule has 1 N–H and O–H groups in total. The molecule has 8 heteroatoms. The number of hydrogen-bond acceptors (Lipinski definition) is 7. The van der Waals surface area contributed by atoms with Gasteiger partial charge in [0.2, 0.25) is 0 Å². The monoisotopic (exact) mass is 403 g/mol. The Hall–Kier alpha value is -2.87. The first kappa shape index (κ1) is 19.9. The molecule has 0 bridgehead atoms. The Bertz CT molecular complexity index is 919. The van der Waals surface area contributed by atoms with Crippen molar-refractivity contribution in [3.63, 3.8) is 0 Å². The van der Waals surface area contributed by atoms with Crippen LogP contribution in [0.2, 0.25) is 0 Å². The van der Waals surface area contributed by atoms with E-state index in [9.17, 15) is 14.4 Å². The van der Waals surface area contributed by atoms with E-state index in [1.165, 1.54) is 25.6 Å². The minimum atomic E-state index is -0.596. The SMILES string of the molecule is CCOc1ccccc1C(=O)Nc1sc2c(c1C(=O)OC)C(C(=O)OC)CC2. The number of amides is 1. The topological polar surface area (TPSA) is 90.9 Å². The van der Waals surface area contributed by atoms with Gasteiger partial charge in [0.1, 0.15) is 10.8 Å². The van der Waals surface area contributed by atoms with E-state index in [2.05, 4.69) is 5.32 Å². The quantitative estimate of drug-likeness (QED) is 0.744. The Morgan fingerprint density at radius 2 is 1.93 bits per heavy atom. The van der Waals surface area contributed by atoms with E-state index in [0.29, 0.717) is 41.3 Å². The molecule has 1 aromatic carbocycles. The van der Waals surface area contributed by atoms with Gasteiger partial charge >= 0.3 is 11.9 Å². The number of carbonyl (C=O) groups is 3. The number of nitrogens with one attached hydrogen (secondary N) is 1. The first-order valence-electron chi connectivity index (χ1n) is 8.86. The molecule has 0 spiro atoms. The molecule has 1 heterocycles. The van der Waals surface area contributed by atoms with E-state index in [1.54, 1.807) is 24.3 Å². The molecular formula is C20H21NO6S. The fourth-order valence-corrected chi connectivity index (χ4v) is 4.60. The summed E-state index contributed by atoms with van der Waals surface area (Å²) in [5, 5.41) is 3.16. The van der Waals surface area contributed by atoms with Crippen molar-refractivity contribution in [2.75, 3.05) is 26.1 Å². The van der Waals surface area contributed by atoms with Crippen LogP contribution in [0.15, 0.2) is 24.3 Å². The van der Waals surface area contributed by atoms with Crippen molar-refractivity contribution in [1.82, 2.24) is 0 Å². The number of ether oxygens (including phenoxy) is 3. The van der Waals surface area contributed by atoms with Gasteiger partial charge in [0.15, 0.2) is 0 Å². The highest BCUT2D eigenvalue weighted by atomic mass is 32.1. The van der Waals surface area contributed by atoms with E-state index in [1.807, 2.05) is 6.92 Å². The number of aryl methyl sites for hydroxylation is 1. The van der Waals surface area contributed by atoms with Gasteiger partial charge in [0.05, 0.1) is 37.9 Å². The van der Waals surface area contributed by atoms with Gasteiger partial charge in [0.25, 0.3) is 5.91 Å². The average molecular weight is 403 g/mol. The summed E-state index contributed by atoms with van der Waals surface area (Å²) in [4.78, 5) is 38.3. The van der Waals surface area contributed by atoms with E-state index < -0.39 is 23.8 Å². The number of fused-ring (bicyclic) bond motifs is 1. The lowest BCUT2D eigenvalue weighted by atomic mass is 9.99. The normalized spacial score (nSPS) is 14.9. The minimum Gasteiger partial charge on any atom is -0.493 e. The number of para-hydroxylation sites is 1. The van der Waals surface area contributed by atoms with Crippen LogP contribution in [0.1, 0.15) is 50.4 Å². The number of benzene rings is 1. The van der Waals surface area contributed by atoms with Crippen molar-refractivity contribution in [3.8, 4) is 5.75 Å². The second kappa shape index (κ2) is 8.43. The molecule has 0 fully saturated rings. The van der Waals surface area contributed by atoms with Crippen LogP contribution in [0.3, 0.4) is 0 Å². The molecule has 1 amide bonds. The van der Waals surface area contributed by atoms with Crippen molar-refractivity contribution >= 4 is 34.2 Å². The van der Waals surface area contributed by atoms with Crippen molar-refractivity contribution in [2.45, 2.75) is 25.7 Å². The van der Waals surface area contributed by atoms with Gasteiger partial charge in [-0.05, 0) is 37.5 Å². The van der Waals surface area contributed by atoms with Crippen LogP contribution < -0.4 is 10.1 Å². The average Bonchev–Trinajstić information content (AvgIpc) is 3.26. The van der Waals surface area contributed by atoms with E-state index in [0.717, 1.165) is 4.88 Å². The molecule has 28 heavy (non-hydrogen) atoms. The Kier molecular flexibility index (Phi) is 5.99. The summed E-state index contributed by atoms with van der Waals surface area (Å²) in [7, 11) is 2.59. The van der Waals surface area contributed by atoms with Gasteiger partial charge in [-0.2, -0.15) is 0 Å². The van der Waals surface area contributed by atoms with Crippen LogP contribution in [-0.2, 0) is 20.7 Å². The molecule has 1 atom stereocenters. The molecule has 1 aliphatic carbocycles. The standard InChI is InChI=1S/C20H21NO6S/c1-4-27-13-8-6-5-7-11(13)17(22)21-18-16(20(24)26-3)15-12(19(23)25-2)9-10-14(15)28-18/h5-8,12H,4,9-10H2,1-3H3,(H,21,22). The Labute approximate surface area is 166 Å². The maximum absolute atomic E-state index is 12.8. The van der Waals surface area contributed by atoms with Gasteiger partial charge in [-0.1, -0.05) is 12.1 Å². The predicted octanol–water partition coefficient (Wildman–Crippen LogP) is 3.39. The van der Waals surface area contributed by atoms with Gasteiger partial charge in [-0.25, -0.2) is 4.79 Å². The minimum absolute atomic E-state index is 0.220. The molecule has 0 saturated carbocycles. The van der Waals surface area contributed by atoms with E-state index in [-0.39, 0.29) is 5.56 Å². The van der Waals surface area contributed by atoms with Crippen LogP contribution in [0, 0.1) is 0 Å². The Balaban J connectivity index is 1.99. The second-order valence-electron chi connectivity index (χ2n) is 6.13. The first-order chi connectivity index (χ1) is 13.5. The summed E-state index contributed by atoms with van der Waals surface area (Å²) in [6.07, 6.45) is 1.20. The van der Waals surface area contributed by atoms with Crippen LogP contribution in [-0.4, -0.2) is 38.7 Å². The summed E-state index contributed by atoms with van der Waals surface area (Å²) in [6, 6.07) is 6.88. The van der Waals surface area contributed by atoms with Crippen molar-refractivity contribution in [2.24, 2.45) is 0 Å². The van der Waals surface area contributed by atoms with E-state index in [4.69, 9.17) is 14.2 Å². The summed E-state index contributed by atoms with van der Waals surface area (Å²) < 4.78 is 15.3. The lowest BCUT2D eigenvalue weighted by Crippen LogP contribution is -2.18. The molecule has 1 unspecified atom stereocenters. The summed E-state index contributed by atoms with van der Waals surface area (Å²) in [5.41, 5.74) is 1.17. The van der Waals surface area contributed by atoms with Gasteiger partial charge in [-0.15, -0.1) is 11.3 Å². The highest BCUT2D eigenvalue weighted by Gasteiger charge is 2.38. The number of esters is 2. The largest absolute Gasteiger partial charge is 0.493 e. The highest BCUT2D eigenvalue weighted by Crippen LogP contribution is 2.46. The summed E-state index contributed by atoms with van der Waals surface area (Å²) >= 11 is 1.28. The van der Waals surface area contributed by atoms with E-state index >= 15 is 0 Å². The zero-order chi connectivity index (χ0) is 20.3. The number of methoxy groups -OCH3 is 2. The summed E-state index contributed by atoms with van der Waals surface area (Å²) in [5.74, 6) is -1.47. The number of hydrogen-bond donors (Lipinski definition) is 1. The van der Waals surface area contributed by atoms with Crippen molar-refractivity contribution in [1.29, 1.82) is 0 Å². The molecule has 0 aliphatic heterocycles. The predicted molar refractivity (Wildman–Crippen MR) is 104 cm³/mol. The molecule has 0 radical (unpaired) electrons. The smallest absolute Gasteiger partial charge is 0.341 e. The molecule has 1 aromatic heterocycles. The molecule has 0 saturated heterocycles. The van der Waals surface area contributed by atoms with Crippen LogP contribution in [0.5, 0.6) is 5.75 Å². The number of carbonyl (C=O) groups excluding carboxylic acids is 3. The third-order valence-corrected chi connectivity index (χ3v) is 5.75. The first-order valence-corrected chi connectivity index (χ1v) is 9.68. The zero-order valence-corrected chi connectivity index (χ0v) is 16.7. The second-order valence-corrected chi connectivity index (χ2v) is 7.24. The van der Waals surface area contributed by atoms with Gasteiger partial charge in [-0.3, -0.25) is 9.59 Å². The fourth-order valence-electron chi connectivity index (χ4n) is 3.34. The van der Waals surface area contributed by atoms with Crippen LogP contribution in [0.25, 0.3) is 0 Å². The van der Waals surface area contributed by atoms with Crippen LogP contribution in [0.4, 0.5) is 5.00 Å². The van der Waals surface area contributed by atoms with Crippen molar-refractivity contribution in [3.05, 3.63) is 45.8 Å². The molecule has 148 valence electrons.